The molecule has 0 saturated carbocycles. The second-order valence-corrected chi connectivity index (χ2v) is 6.43. The monoisotopic (exact) mass is 367 g/mol. The highest BCUT2D eigenvalue weighted by atomic mass is 16.5. The molecule has 2 N–H and O–H groups in total. The summed E-state index contributed by atoms with van der Waals surface area (Å²) in [6.45, 7) is 9.35. The van der Waals surface area contributed by atoms with Gasteiger partial charge in [-0.25, -0.2) is 0 Å². The molecule has 0 aromatic carbocycles. The van der Waals surface area contributed by atoms with Crippen LogP contribution in [-0.2, 0) is 27.3 Å². The number of aryl methyl sites for hydroxylation is 1. The van der Waals surface area contributed by atoms with Crippen molar-refractivity contribution >= 4 is 5.96 Å². The standard InChI is InChI=1S/C18H33N5O3/c1-14-17(15(2)23(22-14)8-11-24-4)12-21-18(19-3)20-7-5-9-26-16-6-10-25-13-16/h16H,5-13H2,1-4H3,(H2,19,20,21). The third kappa shape index (κ3) is 6.26. The van der Waals surface area contributed by atoms with Crippen LogP contribution in [0.3, 0.4) is 0 Å². The fourth-order valence-corrected chi connectivity index (χ4v) is 2.95. The molecule has 2 heterocycles. The first-order chi connectivity index (χ1) is 12.7. The fourth-order valence-electron chi connectivity index (χ4n) is 2.95. The lowest BCUT2D eigenvalue weighted by molar-refractivity contribution is 0.0420. The Morgan fingerprint density at radius 1 is 1.35 bits per heavy atom. The Hall–Kier alpha value is -1.64. The Labute approximate surface area is 156 Å². The van der Waals surface area contributed by atoms with Gasteiger partial charge in [0.25, 0.3) is 0 Å². The summed E-state index contributed by atoms with van der Waals surface area (Å²) in [5.74, 6) is 0.789. The van der Waals surface area contributed by atoms with E-state index in [4.69, 9.17) is 14.2 Å². The van der Waals surface area contributed by atoms with Crippen LogP contribution >= 0.6 is 0 Å². The van der Waals surface area contributed by atoms with Gasteiger partial charge in [-0.1, -0.05) is 0 Å². The highest BCUT2D eigenvalue weighted by Crippen LogP contribution is 2.12. The Morgan fingerprint density at radius 2 is 2.19 bits per heavy atom. The van der Waals surface area contributed by atoms with Gasteiger partial charge in [0.05, 0.1) is 31.6 Å². The molecular formula is C18H33N5O3. The van der Waals surface area contributed by atoms with E-state index in [1.54, 1.807) is 14.2 Å². The van der Waals surface area contributed by atoms with Crippen molar-refractivity contribution in [2.24, 2.45) is 4.99 Å². The molecule has 1 saturated heterocycles. The van der Waals surface area contributed by atoms with E-state index in [2.05, 4.69) is 27.6 Å². The second-order valence-electron chi connectivity index (χ2n) is 6.43. The van der Waals surface area contributed by atoms with Gasteiger partial charge in [-0.05, 0) is 26.7 Å². The van der Waals surface area contributed by atoms with Crippen LogP contribution in [0.1, 0.15) is 29.8 Å². The van der Waals surface area contributed by atoms with Gasteiger partial charge in [-0.2, -0.15) is 5.10 Å². The topological polar surface area (TPSA) is 81.9 Å². The number of methoxy groups -OCH3 is 1. The van der Waals surface area contributed by atoms with Gasteiger partial charge in [-0.15, -0.1) is 0 Å². The van der Waals surface area contributed by atoms with E-state index >= 15 is 0 Å². The molecule has 8 nitrogen and oxygen atoms in total. The maximum atomic E-state index is 5.77. The average molecular weight is 367 g/mol. The predicted octanol–water partition coefficient (Wildman–Crippen LogP) is 1.01. The van der Waals surface area contributed by atoms with Crippen LogP contribution in [0, 0.1) is 13.8 Å². The normalized spacial score (nSPS) is 17.7. The van der Waals surface area contributed by atoms with E-state index in [0.29, 0.717) is 13.2 Å². The SMILES string of the molecule is CN=C(NCCCOC1CCOC1)NCc1c(C)nn(CCOC)c1C. The maximum Gasteiger partial charge on any atom is 0.191 e. The molecule has 0 bridgehead atoms. The van der Waals surface area contributed by atoms with Gasteiger partial charge < -0.3 is 24.8 Å². The smallest absolute Gasteiger partial charge is 0.191 e. The highest BCUT2D eigenvalue weighted by molar-refractivity contribution is 5.79. The van der Waals surface area contributed by atoms with E-state index in [1.165, 1.54) is 5.56 Å². The number of hydrogen-bond acceptors (Lipinski definition) is 5. The third-order valence-electron chi connectivity index (χ3n) is 4.55. The van der Waals surface area contributed by atoms with E-state index in [9.17, 15) is 0 Å². The molecule has 0 radical (unpaired) electrons. The lowest BCUT2D eigenvalue weighted by Gasteiger charge is -2.13. The van der Waals surface area contributed by atoms with Crippen molar-refractivity contribution in [2.75, 3.05) is 47.1 Å². The van der Waals surface area contributed by atoms with Crippen molar-refractivity contribution in [3.8, 4) is 0 Å². The molecule has 8 heteroatoms. The van der Waals surface area contributed by atoms with Gasteiger partial charge in [0.2, 0.25) is 0 Å². The highest BCUT2D eigenvalue weighted by Gasteiger charge is 2.15. The number of guanidine groups is 1. The average Bonchev–Trinajstić information content (AvgIpc) is 3.24. The van der Waals surface area contributed by atoms with Crippen LogP contribution < -0.4 is 10.6 Å². The molecule has 1 fully saturated rings. The Bertz CT molecular complexity index is 567. The van der Waals surface area contributed by atoms with Crippen molar-refractivity contribution in [3.63, 3.8) is 0 Å². The summed E-state index contributed by atoms with van der Waals surface area (Å²) in [5.41, 5.74) is 3.40. The number of ether oxygens (including phenoxy) is 3. The zero-order valence-corrected chi connectivity index (χ0v) is 16.5. The molecule has 1 aliphatic rings. The van der Waals surface area contributed by atoms with Crippen molar-refractivity contribution < 1.29 is 14.2 Å². The molecule has 0 amide bonds. The third-order valence-corrected chi connectivity index (χ3v) is 4.55. The van der Waals surface area contributed by atoms with Crippen LogP contribution in [-0.4, -0.2) is 69.0 Å². The zero-order chi connectivity index (χ0) is 18.8. The van der Waals surface area contributed by atoms with Crippen molar-refractivity contribution in [3.05, 3.63) is 17.0 Å². The van der Waals surface area contributed by atoms with Crippen LogP contribution in [0.4, 0.5) is 0 Å². The first-order valence-electron chi connectivity index (χ1n) is 9.31. The molecule has 0 aliphatic carbocycles. The summed E-state index contributed by atoms with van der Waals surface area (Å²) >= 11 is 0. The molecule has 26 heavy (non-hydrogen) atoms. The summed E-state index contributed by atoms with van der Waals surface area (Å²) in [6.07, 6.45) is 2.21. The minimum absolute atomic E-state index is 0.271. The first-order valence-corrected chi connectivity index (χ1v) is 9.31. The fraction of sp³-hybridized carbons (Fsp3) is 0.778. The number of rotatable bonds is 10. The van der Waals surface area contributed by atoms with Crippen molar-refractivity contribution in [2.45, 2.75) is 45.9 Å². The van der Waals surface area contributed by atoms with Crippen molar-refractivity contribution in [1.29, 1.82) is 0 Å². The Morgan fingerprint density at radius 3 is 2.88 bits per heavy atom. The molecule has 1 aromatic rings. The summed E-state index contributed by atoms with van der Waals surface area (Å²) in [4.78, 5) is 4.28. The maximum absolute atomic E-state index is 5.77. The minimum Gasteiger partial charge on any atom is -0.383 e. The van der Waals surface area contributed by atoms with Gasteiger partial charge in [0.15, 0.2) is 5.96 Å². The molecule has 0 spiro atoms. The van der Waals surface area contributed by atoms with Gasteiger partial charge >= 0.3 is 0 Å². The molecular weight excluding hydrogens is 334 g/mol. The van der Waals surface area contributed by atoms with Gasteiger partial charge in [-0.3, -0.25) is 9.67 Å². The zero-order valence-electron chi connectivity index (χ0n) is 16.5. The number of hydrogen-bond donors (Lipinski definition) is 2. The number of aliphatic imine (C=N–C) groups is 1. The first kappa shape index (κ1) is 20.7. The number of aromatic nitrogens is 2. The lowest BCUT2D eigenvalue weighted by atomic mass is 10.2. The molecule has 148 valence electrons. The Kier molecular flexibility index (Phi) is 8.87. The Balaban J connectivity index is 1.70. The number of nitrogens with zero attached hydrogens (tertiary/aromatic N) is 3. The van der Waals surface area contributed by atoms with Crippen LogP contribution in [0.15, 0.2) is 4.99 Å². The van der Waals surface area contributed by atoms with Gasteiger partial charge in [0, 0.05) is 51.7 Å². The van der Waals surface area contributed by atoms with Crippen molar-refractivity contribution in [1.82, 2.24) is 20.4 Å². The summed E-state index contributed by atoms with van der Waals surface area (Å²) in [6, 6.07) is 0. The molecule has 1 aromatic heterocycles. The molecule has 1 unspecified atom stereocenters. The largest absolute Gasteiger partial charge is 0.383 e. The van der Waals surface area contributed by atoms with E-state index in [-0.39, 0.29) is 6.10 Å². The molecule has 2 rings (SSSR count). The summed E-state index contributed by atoms with van der Waals surface area (Å²) in [7, 11) is 3.49. The minimum atomic E-state index is 0.271. The van der Waals surface area contributed by atoms with Crippen LogP contribution in [0.5, 0.6) is 0 Å². The van der Waals surface area contributed by atoms with E-state index < -0.39 is 0 Å². The van der Waals surface area contributed by atoms with E-state index in [0.717, 1.165) is 63.1 Å². The number of nitrogens with one attached hydrogen (secondary N) is 2. The quantitative estimate of drug-likeness (QED) is 0.365. The molecule has 1 aliphatic heterocycles. The molecule has 1 atom stereocenters. The van der Waals surface area contributed by atoms with Gasteiger partial charge in [0.1, 0.15) is 0 Å². The van der Waals surface area contributed by atoms with Crippen LogP contribution in [0.25, 0.3) is 0 Å². The second kappa shape index (κ2) is 11.2. The summed E-state index contributed by atoms with van der Waals surface area (Å²) < 4.78 is 18.2. The lowest BCUT2D eigenvalue weighted by Crippen LogP contribution is -2.37. The predicted molar refractivity (Wildman–Crippen MR) is 102 cm³/mol. The van der Waals surface area contributed by atoms with Crippen LogP contribution in [0.2, 0.25) is 0 Å². The van der Waals surface area contributed by atoms with E-state index in [1.807, 2.05) is 11.6 Å². The summed E-state index contributed by atoms with van der Waals surface area (Å²) in [5, 5.41) is 11.3.